The van der Waals surface area contributed by atoms with Gasteiger partial charge in [-0.3, -0.25) is 4.79 Å². The summed E-state index contributed by atoms with van der Waals surface area (Å²) >= 11 is 0. The van der Waals surface area contributed by atoms with Crippen molar-refractivity contribution in [1.29, 1.82) is 0 Å². The monoisotopic (exact) mass is 391 g/mol. The Bertz CT molecular complexity index is 799. The zero-order valence-corrected chi connectivity index (χ0v) is 15.7. The van der Waals surface area contributed by atoms with Gasteiger partial charge in [-0.25, -0.2) is 0 Å². The number of nitrogens with zero attached hydrogens (tertiary/aromatic N) is 1. The largest absolute Gasteiger partial charge is 0.418 e. The summed E-state index contributed by atoms with van der Waals surface area (Å²) < 4.78 is 39.2. The predicted molar refractivity (Wildman–Crippen MR) is 106 cm³/mol. The molecule has 1 aliphatic heterocycles. The molecule has 2 aromatic rings. The van der Waals surface area contributed by atoms with Crippen molar-refractivity contribution < 1.29 is 18.0 Å². The molecule has 0 aliphatic carbocycles. The second-order valence-corrected chi connectivity index (χ2v) is 6.99. The fourth-order valence-electron chi connectivity index (χ4n) is 3.32. The molecule has 7 heteroatoms. The van der Waals surface area contributed by atoms with Gasteiger partial charge in [-0.05, 0) is 62.6 Å². The molecule has 2 N–H and O–H groups in total. The maximum absolute atomic E-state index is 13.1. The highest BCUT2D eigenvalue weighted by atomic mass is 19.4. The number of halogens is 3. The Morgan fingerprint density at radius 2 is 1.64 bits per heavy atom. The highest BCUT2D eigenvalue weighted by Crippen LogP contribution is 2.34. The summed E-state index contributed by atoms with van der Waals surface area (Å²) in [6.07, 6.45) is -0.877. The van der Waals surface area contributed by atoms with Crippen LogP contribution in [0.2, 0.25) is 0 Å². The number of hydrogen-bond acceptors (Lipinski definition) is 3. The van der Waals surface area contributed by atoms with Crippen LogP contribution in [0.15, 0.2) is 48.5 Å². The van der Waals surface area contributed by atoms with Crippen LogP contribution in [0.1, 0.15) is 31.7 Å². The Labute approximate surface area is 162 Å². The number of hydrogen-bond donors (Lipinski definition) is 2. The first kappa shape index (κ1) is 20.0. The summed E-state index contributed by atoms with van der Waals surface area (Å²) in [4.78, 5) is 14.7. The van der Waals surface area contributed by atoms with Crippen LogP contribution in [0.3, 0.4) is 0 Å². The van der Waals surface area contributed by atoms with Crippen LogP contribution in [0.4, 0.5) is 30.2 Å². The molecular weight excluding hydrogens is 367 g/mol. The number of alkyl halides is 3. The number of piperidine rings is 1. The molecule has 2 aromatic carbocycles. The van der Waals surface area contributed by atoms with Gasteiger partial charge in [0.15, 0.2) is 0 Å². The van der Waals surface area contributed by atoms with Gasteiger partial charge in [0.05, 0.1) is 11.3 Å². The lowest BCUT2D eigenvalue weighted by molar-refractivity contribution is -0.137. The molecule has 3 rings (SSSR count). The summed E-state index contributed by atoms with van der Waals surface area (Å²) in [6, 6.07) is 12.0. The van der Waals surface area contributed by atoms with Crippen LogP contribution < -0.4 is 15.5 Å². The van der Waals surface area contributed by atoms with E-state index in [1.165, 1.54) is 37.5 Å². The first-order valence-corrected chi connectivity index (χ1v) is 9.43. The second kappa shape index (κ2) is 8.54. The number of anilines is 3. The lowest BCUT2D eigenvalue weighted by atomic mass is 10.1. The van der Waals surface area contributed by atoms with E-state index in [1.54, 1.807) is 6.92 Å². The summed E-state index contributed by atoms with van der Waals surface area (Å²) in [5, 5.41) is 5.41. The maximum Gasteiger partial charge on any atom is 0.418 e. The molecule has 0 spiro atoms. The minimum atomic E-state index is -4.52. The first-order chi connectivity index (χ1) is 13.3. The van der Waals surface area contributed by atoms with Crippen molar-refractivity contribution in [1.82, 2.24) is 0 Å². The number of carbonyl (C=O) groups is 1. The quantitative estimate of drug-likeness (QED) is 0.742. The van der Waals surface area contributed by atoms with E-state index in [2.05, 4.69) is 15.5 Å². The number of nitrogens with one attached hydrogen (secondary N) is 2. The predicted octanol–water partition coefficient (Wildman–Crippen LogP) is 5.13. The number of rotatable bonds is 5. The average Bonchev–Trinajstić information content (AvgIpc) is 2.69. The molecule has 1 unspecified atom stereocenters. The topological polar surface area (TPSA) is 44.4 Å². The van der Waals surface area contributed by atoms with Crippen LogP contribution >= 0.6 is 0 Å². The Kier molecular flexibility index (Phi) is 6.11. The fraction of sp³-hybridized carbons (Fsp3) is 0.381. The van der Waals surface area contributed by atoms with Gasteiger partial charge in [-0.1, -0.05) is 12.1 Å². The highest BCUT2D eigenvalue weighted by Gasteiger charge is 2.33. The van der Waals surface area contributed by atoms with Crippen LogP contribution in [-0.4, -0.2) is 25.0 Å². The third-order valence-corrected chi connectivity index (χ3v) is 4.86. The van der Waals surface area contributed by atoms with Crippen molar-refractivity contribution >= 4 is 23.0 Å². The van der Waals surface area contributed by atoms with Gasteiger partial charge in [0.1, 0.15) is 6.04 Å². The Balaban J connectivity index is 1.62. The molecule has 0 saturated carbocycles. The van der Waals surface area contributed by atoms with E-state index in [1.807, 2.05) is 24.3 Å². The van der Waals surface area contributed by atoms with Gasteiger partial charge in [0, 0.05) is 24.5 Å². The van der Waals surface area contributed by atoms with Gasteiger partial charge in [-0.2, -0.15) is 13.2 Å². The molecular formula is C21H24F3N3O. The van der Waals surface area contributed by atoms with Crippen LogP contribution in [-0.2, 0) is 11.0 Å². The first-order valence-electron chi connectivity index (χ1n) is 9.43. The molecule has 0 aromatic heterocycles. The molecule has 1 heterocycles. The molecule has 0 radical (unpaired) electrons. The van der Waals surface area contributed by atoms with Crippen molar-refractivity contribution in [2.75, 3.05) is 28.6 Å². The van der Waals surface area contributed by atoms with Crippen LogP contribution in [0, 0.1) is 0 Å². The van der Waals surface area contributed by atoms with Crippen molar-refractivity contribution in [2.45, 2.75) is 38.4 Å². The number of para-hydroxylation sites is 1. The van der Waals surface area contributed by atoms with Gasteiger partial charge in [-0.15, -0.1) is 0 Å². The highest BCUT2D eigenvalue weighted by molar-refractivity contribution is 5.97. The molecule has 0 bridgehead atoms. The third-order valence-electron chi connectivity index (χ3n) is 4.86. The number of amides is 1. The van der Waals surface area contributed by atoms with E-state index < -0.39 is 23.7 Å². The third kappa shape index (κ3) is 4.97. The fourth-order valence-corrected chi connectivity index (χ4v) is 3.32. The molecule has 1 fully saturated rings. The Morgan fingerprint density at radius 3 is 2.29 bits per heavy atom. The van der Waals surface area contributed by atoms with Crippen molar-refractivity contribution in [3.05, 3.63) is 54.1 Å². The normalized spacial score (nSPS) is 15.8. The van der Waals surface area contributed by atoms with E-state index in [-0.39, 0.29) is 5.69 Å². The zero-order chi connectivity index (χ0) is 20.1. The Hall–Kier alpha value is -2.70. The van der Waals surface area contributed by atoms with E-state index in [0.29, 0.717) is 0 Å². The second-order valence-electron chi connectivity index (χ2n) is 6.99. The lowest BCUT2D eigenvalue weighted by Gasteiger charge is -2.29. The number of carbonyl (C=O) groups excluding carboxylic acids is 1. The molecule has 4 nitrogen and oxygen atoms in total. The van der Waals surface area contributed by atoms with Crippen LogP contribution in [0.5, 0.6) is 0 Å². The van der Waals surface area contributed by atoms with E-state index >= 15 is 0 Å². The minimum absolute atomic E-state index is 0.242. The molecule has 1 saturated heterocycles. The molecule has 28 heavy (non-hydrogen) atoms. The summed E-state index contributed by atoms with van der Waals surface area (Å²) in [5.41, 5.74) is 0.782. The van der Waals surface area contributed by atoms with Crippen molar-refractivity contribution in [2.24, 2.45) is 0 Å². The lowest BCUT2D eigenvalue weighted by Crippen LogP contribution is -2.32. The molecule has 1 aliphatic rings. The van der Waals surface area contributed by atoms with Gasteiger partial charge in [0.25, 0.3) is 0 Å². The smallest absolute Gasteiger partial charge is 0.374 e. The average molecular weight is 391 g/mol. The maximum atomic E-state index is 13.1. The van der Waals surface area contributed by atoms with Gasteiger partial charge >= 0.3 is 6.18 Å². The van der Waals surface area contributed by atoms with Crippen molar-refractivity contribution in [3.8, 4) is 0 Å². The molecule has 1 amide bonds. The minimum Gasteiger partial charge on any atom is -0.374 e. The molecule has 1 atom stereocenters. The van der Waals surface area contributed by atoms with Gasteiger partial charge in [0.2, 0.25) is 5.91 Å². The summed E-state index contributed by atoms with van der Waals surface area (Å²) in [6.45, 7) is 3.71. The SMILES string of the molecule is CC(Nc1ccc(N2CCCCC2)cc1)C(=O)Nc1ccccc1C(F)(F)F. The van der Waals surface area contributed by atoms with E-state index in [0.717, 1.165) is 30.5 Å². The standard InChI is InChI=1S/C21H24F3N3O/c1-15(20(28)26-19-8-4-3-7-18(19)21(22,23)24)25-16-9-11-17(12-10-16)27-13-5-2-6-14-27/h3-4,7-12,15,25H,2,5-6,13-14H2,1H3,(H,26,28). The van der Waals surface area contributed by atoms with E-state index in [9.17, 15) is 18.0 Å². The van der Waals surface area contributed by atoms with Gasteiger partial charge < -0.3 is 15.5 Å². The summed E-state index contributed by atoms with van der Waals surface area (Å²) in [5.74, 6) is -0.531. The Morgan fingerprint density at radius 1 is 1.00 bits per heavy atom. The number of benzene rings is 2. The van der Waals surface area contributed by atoms with Crippen molar-refractivity contribution in [3.63, 3.8) is 0 Å². The zero-order valence-electron chi connectivity index (χ0n) is 15.7. The van der Waals surface area contributed by atoms with Crippen LogP contribution in [0.25, 0.3) is 0 Å². The molecule has 150 valence electrons. The van der Waals surface area contributed by atoms with E-state index in [4.69, 9.17) is 0 Å². The summed E-state index contributed by atoms with van der Waals surface area (Å²) in [7, 11) is 0.